The number of ether oxygens (including phenoxy) is 1. The minimum absolute atomic E-state index is 0.202. The van der Waals surface area contributed by atoms with Crippen molar-refractivity contribution in [1.29, 1.82) is 0 Å². The molecule has 2 rings (SSSR count). The van der Waals surface area contributed by atoms with E-state index in [1.54, 1.807) is 10.7 Å². The van der Waals surface area contributed by atoms with E-state index in [2.05, 4.69) is 34.9 Å². The van der Waals surface area contributed by atoms with E-state index in [9.17, 15) is 5.11 Å². The number of benzene rings is 1. The van der Waals surface area contributed by atoms with Crippen molar-refractivity contribution < 1.29 is 9.84 Å². The van der Waals surface area contributed by atoms with Crippen LogP contribution in [0.1, 0.15) is 37.9 Å². The van der Waals surface area contributed by atoms with Crippen LogP contribution in [-0.2, 0) is 11.7 Å². The molecule has 22 heavy (non-hydrogen) atoms. The summed E-state index contributed by atoms with van der Waals surface area (Å²) in [7, 11) is 0. The molecule has 0 unspecified atom stereocenters. The quantitative estimate of drug-likeness (QED) is 0.695. The summed E-state index contributed by atoms with van der Waals surface area (Å²) in [5.74, 6) is 1.22. The Morgan fingerprint density at radius 1 is 1.27 bits per heavy atom. The van der Waals surface area contributed by atoms with E-state index in [-0.39, 0.29) is 5.88 Å². The molecule has 0 aliphatic heterocycles. The van der Waals surface area contributed by atoms with Crippen molar-refractivity contribution in [3.8, 4) is 11.6 Å². The minimum atomic E-state index is -0.202. The Kier molecular flexibility index (Phi) is 5.89. The third-order valence-corrected chi connectivity index (χ3v) is 4.42. The van der Waals surface area contributed by atoms with Gasteiger partial charge in [0.1, 0.15) is 5.75 Å². The molecular formula is C17H22BrN2O2. The topological polar surface area (TPSA) is 47.0 Å². The second kappa shape index (κ2) is 7.68. The van der Waals surface area contributed by atoms with Gasteiger partial charge in [0.2, 0.25) is 0 Å². The molecule has 0 bridgehead atoms. The first-order chi connectivity index (χ1) is 10.5. The summed E-state index contributed by atoms with van der Waals surface area (Å²) in [6, 6.07) is 7.51. The summed E-state index contributed by atoms with van der Waals surface area (Å²) in [5, 5.41) is 15.4. The predicted molar refractivity (Wildman–Crippen MR) is 89.9 cm³/mol. The van der Waals surface area contributed by atoms with E-state index < -0.39 is 0 Å². The Bertz CT molecular complexity index is 621. The third kappa shape index (κ3) is 4.26. The smallest absolute Gasteiger partial charge is 0.288 e. The van der Waals surface area contributed by atoms with Crippen LogP contribution < -0.4 is 4.74 Å². The summed E-state index contributed by atoms with van der Waals surface area (Å²) in [5.41, 5.74) is 1.88. The average Bonchev–Trinajstić information content (AvgIpc) is 2.80. The van der Waals surface area contributed by atoms with Crippen molar-refractivity contribution in [3.05, 3.63) is 40.0 Å². The molecule has 2 aromatic rings. The van der Waals surface area contributed by atoms with Crippen LogP contribution in [0.2, 0.25) is 0 Å². The van der Waals surface area contributed by atoms with Crippen LogP contribution in [0.5, 0.6) is 11.6 Å². The number of hydrogen-bond donors (Lipinski definition) is 0. The fourth-order valence-electron chi connectivity index (χ4n) is 2.35. The van der Waals surface area contributed by atoms with Crippen molar-refractivity contribution in [2.24, 2.45) is 5.92 Å². The van der Waals surface area contributed by atoms with Crippen LogP contribution in [0, 0.1) is 12.8 Å². The molecule has 0 aliphatic rings. The Balaban J connectivity index is 2.18. The Morgan fingerprint density at radius 3 is 2.59 bits per heavy atom. The maximum absolute atomic E-state index is 11.4. The average molecular weight is 366 g/mol. The van der Waals surface area contributed by atoms with Crippen molar-refractivity contribution in [2.45, 2.75) is 40.2 Å². The highest BCUT2D eigenvalue weighted by atomic mass is 79.9. The van der Waals surface area contributed by atoms with Gasteiger partial charge in [-0.1, -0.05) is 42.6 Å². The molecule has 0 atom stereocenters. The number of nitrogens with zero attached hydrogens (tertiary/aromatic N) is 2. The normalized spacial score (nSPS) is 11.1. The van der Waals surface area contributed by atoms with Gasteiger partial charge >= 0.3 is 0 Å². The maximum Gasteiger partial charge on any atom is 0.288 e. The first-order valence-electron chi connectivity index (χ1n) is 7.66. The lowest BCUT2D eigenvalue weighted by Crippen LogP contribution is -2.12. The Morgan fingerprint density at radius 2 is 2.00 bits per heavy atom. The molecule has 0 spiro atoms. The van der Waals surface area contributed by atoms with Crippen molar-refractivity contribution in [1.82, 2.24) is 9.78 Å². The largest absolute Gasteiger partial charge is 0.493 e. The zero-order chi connectivity index (χ0) is 16.1. The highest BCUT2D eigenvalue weighted by Gasteiger charge is 2.11. The van der Waals surface area contributed by atoms with Crippen LogP contribution in [0.4, 0.5) is 0 Å². The summed E-state index contributed by atoms with van der Waals surface area (Å²) in [6.45, 7) is 7.50. The van der Waals surface area contributed by atoms with Crippen molar-refractivity contribution in [3.63, 3.8) is 0 Å². The van der Waals surface area contributed by atoms with E-state index in [4.69, 9.17) is 4.74 Å². The molecule has 0 aliphatic carbocycles. The molecule has 0 fully saturated rings. The van der Waals surface area contributed by atoms with Gasteiger partial charge in [-0.2, -0.15) is 0 Å². The summed E-state index contributed by atoms with van der Waals surface area (Å²) in [4.78, 5) is 0. The van der Waals surface area contributed by atoms with Gasteiger partial charge in [-0.15, -0.1) is 5.10 Å². The molecule has 5 heteroatoms. The predicted octanol–water partition coefficient (Wildman–Crippen LogP) is 4.96. The number of hydrogen-bond acceptors (Lipinski definition) is 2. The molecule has 1 aromatic carbocycles. The molecule has 1 radical (unpaired) electrons. The molecule has 0 saturated carbocycles. The molecule has 0 N–H and O–H groups in total. The van der Waals surface area contributed by atoms with E-state index in [0.717, 1.165) is 34.3 Å². The van der Waals surface area contributed by atoms with Crippen molar-refractivity contribution >= 4 is 15.9 Å². The maximum atomic E-state index is 11.4. The van der Waals surface area contributed by atoms with Gasteiger partial charge in [-0.05, 0) is 31.0 Å². The summed E-state index contributed by atoms with van der Waals surface area (Å²) in [6.07, 6.45) is 2.22. The third-order valence-electron chi connectivity index (χ3n) is 3.93. The van der Waals surface area contributed by atoms with Crippen LogP contribution in [-0.4, -0.2) is 16.4 Å². The highest BCUT2D eigenvalue weighted by molar-refractivity contribution is 9.10. The molecular weight excluding hydrogens is 344 g/mol. The first kappa shape index (κ1) is 16.9. The zero-order valence-corrected chi connectivity index (χ0v) is 14.9. The van der Waals surface area contributed by atoms with E-state index in [0.29, 0.717) is 19.1 Å². The minimum Gasteiger partial charge on any atom is -0.493 e. The monoisotopic (exact) mass is 365 g/mol. The molecule has 0 amide bonds. The van der Waals surface area contributed by atoms with Gasteiger partial charge in [0.05, 0.1) is 13.2 Å². The second-order valence-electron chi connectivity index (χ2n) is 5.53. The van der Waals surface area contributed by atoms with Crippen LogP contribution in [0.15, 0.2) is 28.7 Å². The van der Waals surface area contributed by atoms with Gasteiger partial charge in [0.25, 0.3) is 5.88 Å². The SMILES string of the molecule is CCC(CC)COc1ccc(Br)cc1Cn1nc([O])cc1C. The fraction of sp³-hybridized carbons (Fsp3) is 0.471. The standard InChI is InChI=1S/C17H22BrN2O2/c1-4-13(5-2)11-22-16-7-6-15(18)9-14(16)10-20-12(3)8-17(21)19-20/h6-9,13H,4-5,10-11H2,1-3H3. The van der Waals surface area contributed by atoms with Crippen LogP contribution in [0.3, 0.4) is 0 Å². The van der Waals surface area contributed by atoms with Crippen LogP contribution >= 0.6 is 15.9 Å². The number of halogens is 1. The van der Waals surface area contributed by atoms with Crippen molar-refractivity contribution in [2.75, 3.05) is 6.61 Å². The number of rotatable bonds is 7. The molecule has 1 heterocycles. The van der Waals surface area contributed by atoms with Gasteiger partial charge in [0, 0.05) is 21.8 Å². The number of aromatic nitrogens is 2. The van der Waals surface area contributed by atoms with Gasteiger partial charge < -0.3 is 4.74 Å². The molecule has 119 valence electrons. The molecule has 1 aromatic heterocycles. The highest BCUT2D eigenvalue weighted by Crippen LogP contribution is 2.26. The lowest BCUT2D eigenvalue weighted by molar-refractivity contribution is 0.238. The van der Waals surface area contributed by atoms with E-state index in [1.165, 1.54) is 0 Å². The van der Waals surface area contributed by atoms with Gasteiger partial charge in [-0.25, -0.2) is 0 Å². The zero-order valence-electron chi connectivity index (χ0n) is 13.3. The Hall–Kier alpha value is -1.49. The lowest BCUT2D eigenvalue weighted by Gasteiger charge is -2.17. The molecule has 0 saturated heterocycles. The Labute approximate surface area is 140 Å². The number of aryl methyl sites for hydroxylation is 1. The van der Waals surface area contributed by atoms with E-state index >= 15 is 0 Å². The summed E-state index contributed by atoms with van der Waals surface area (Å²) >= 11 is 3.49. The second-order valence-corrected chi connectivity index (χ2v) is 6.44. The molecule has 4 nitrogen and oxygen atoms in total. The lowest BCUT2D eigenvalue weighted by atomic mass is 10.1. The van der Waals surface area contributed by atoms with E-state index in [1.807, 2.05) is 25.1 Å². The fourth-order valence-corrected chi connectivity index (χ4v) is 2.75. The summed E-state index contributed by atoms with van der Waals surface area (Å²) < 4.78 is 8.72. The van der Waals surface area contributed by atoms with Gasteiger partial charge in [-0.3, -0.25) is 9.79 Å². The first-order valence-corrected chi connectivity index (χ1v) is 8.45. The van der Waals surface area contributed by atoms with Gasteiger partial charge in [0.15, 0.2) is 0 Å². The van der Waals surface area contributed by atoms with Crippen LogP contribution in [0.25, 0.3) is 0 Å².